The largest absolute Gasteiger partial charge is 0.494 e. The van der Waals surface area contributed by atoms with Crippen LogP contribution in [0.5, 0.6) is 5.75 Å². The first kappa shape index (κ1) is 16.3. The summed E-state index contributed by atoms with van der Waals surface area (Å²) >= 11 is 0. The summed E-state index contributed by atoms with van der Waals surface area (Å²) in [5, 5.41) is 14.4. The van der Waals surface area contributed by atoms with Crippen molar-refractivity contribution in [1.29, 1.82) is 0 Å². The second kappa shape index (κ2) is 7.81. The molecule has 0 spiro atoms. The second-order valence-electron chi connectivity index (χ2n) is 6.13. The van der Waals surface area contributed by atoms with Crippen LogP contribution in [0.15, 0.2) is 24.3 Å². The van der Waals surface area contributed by atoms with Crippen LogP contribution in [0.2, 0.25) is 0 Å². The fourth-order valence-electron chi connectivity index (χ4n) is 3.02. The molecule has 0 aliphatic heterocycles. The molecule has 3 heteroatoms. The van der Waals surface area contributed by atoms with Crippen molar-refractivity contribution in [2.24, 2.45) is 0 Å². The summed E-state index contributed by atoms with van der Waals surface area (Å²) in [5.41, 5.74) is 0.369. The molecule has 21 heavy (non-hydrogen) atoms. The van der Waals surface area contributed by atoms with Gasteiger partial charge in [0.1, 0.15) is 5.75 Å². The number of aliphatic hydroxyl groups is 1. The maximum atomic E-state index is 10.9. The van der Waals surface area contributed by atoms with E-state index in [1.54, 1.807) is 0 Å². The Morgan fingerprint density at radius 1 is 1.14 bits per heavy atom. The topological polar surface area (TPSA) is 41.5 Å². The van der Waals surface area contributed by atoms with E-state index in [0.29, 0.717) is 6.04 Å². The maximum Gasteiger partial charge on any atom is 0.119 e. The van der Waals surface area contributed by atoms with Gasteiger partial charge in [0.15, 0.2) is 0 Å². The summed E-state index contributed by atoms with van der Waals surface area (Å²) in [6.07, 6.45) is 5.94. The number of nitrogens with one attached hydrogen (secondary N) is 1. The van der Waals surface area contributed by atoms with Gasteiger partial charge in [-0.1, -0.05) is 26.0 Å². The zero-order chi connectivity index (χ0) is 15.1. The molecule has 0 saturated heterocycles. The number of hydrogen-bond acceptors (Lipinski definition) is 3. The van der Waals surface area contributed by atoms with Crippen LogP contribution in [0.3, 0.4) is 0 Å². The van der Waals surface area contributed by atoms with E-state index in [9.17, 15) is 5.11 Å². The fourth-order valence-corrected chi connectivity index (χ4v) is 3.02. The summed E-state index contributed by atoms with van der Waals surface area (Å²) in [6.45, 7) is 6.11. The average Bonchev–Trinajstić information content (AvgIpc) is 2.53. The molecule has 0 aromatic heterocycles. The van der Waals surface area contributed by atoms with Gasteiger partial charge in [-0.15, -0.1) is 0 Å². The van der Waals surface area contributed by atoms with Gasteiger partial charge >= 0.3 is 0 Å². The van der Waals surface area contributed by atoms with Gasteiger partial charge in [0.25, 0.3) is 0 Å². The standard InChI is InChI=1S/C18H29NO2/c1-3-13-19-16-9-11-18(20,12-10-16)15-5-7-17(8-6-15)21-14-4-2/h5-8,16,19-20H,3-4,9-14H2,1-2H3. The Morgan fingerprint density at radius 3 is 2.38 bits per heavy atom. The van der Waals surface area contributed by atoms with Crippen molar-refractivity contribution in [1.82, 2.24) is 5.32 Å². The molecule has 1 aromatic carbocycles. The van der Waals surface area contributed by atoms with Crippen LogP contribution in [-0.2, 0) is 5.60 Å². The quantitative estimate of drug-likeness (QED) is 0.806. The molecule has 0 bridgehead atoms. The van der Waals surface area contributed by atoms with Crippen LogP contribution < -0.4 is 10.1 Å². The third-order valence-electron chi connectivity index (χ3n) is 4.36. The first-order valence-corrected chi connectivity index (χ1v) is 8.37. The molecule has 2 N–H and O–H groups in total. The van der Waals surface area contributed by atoms with Crippen LogP contribution >= 0.6 is 0 Å². The van der Waals surface area contributed by atoms with Crippen molar-refractivity contribution in [3.8, 4) is 5.75 Å². The Hall–Kier alpha value is -1.06. The molecule has 1 fully saturated rings. The molecule has 118 valence electrons. The van der Waals surface area contributed by atoms with Crippen molar-refractivity contribution < 1.29 is 9.84 Å². The number of benzene rings is 1. The van der Waals surface area contributed by atoms with Gasteiger partial charge < -0.3 is 15.2 Å². The highest BCUT2D eigenvalue weighted by Crippen LogP contribution is 2.37. The third kappa shape index (κ3) is 4.45. The summed E-state index contributed by atoms with van der Waals surface area (Å²) in [7, 11) is 0. The summed E-state index contributed by atoms with van der Waals surface area (Å²) in [6, 6.07) is 8.56. The van der Waals surface area contributed by atoms with Gasteiger partial charge in [-0.05, 0) is 62.8 Å². The number of hydrogen-bond donors (Lipinski definition) is 2. The number of rotatable bonds is 7. The predicted octanol–water partition coefficient (Wildman–Crippen LogP) is 3.61. The van der Waals surface area contributed by atoms with Gasteiger partial charge in [0.05, 0.1) is 12.2 Å². The fraction of sp³-hybridized carbons (Fsp3) is 0.667. The third-order valence-corrected chi connectivity index (χ3v) is 4.36. The minimum Gasteiger partial charge on any atom is -0.494 e. The van der Waals surface area contributed by atoms with Crippen molar-refractivity contribution in [3.63, 3.8) is 0 Å². The van der Waals surface area contributed by atoms with Crippen LogP contribution in [0.1, 0.15) is 57.9 Å². The van der Waals surface area contributed by atoms with E-state index in [-0.39, 0.29) is 0 Å². The molecule has 0 atom stereocenters. The van der Waals surface area contributed by atoms with E-state index >= 15 is 0 Å². The lowest BCUT2D eigenvalue weighted by Gasteiger charge is -2.37. The SMILES string of the molecule is CCCNC1CCC(O)(c2ccc(OCCC)cc2)CC1. The van der Waals surface area contributed by atoms with Gasteiger partial charge in [-0.25, -0.2) is 0 Å². The highest BCUT2D eigenvalue weighted by molar-refractivity contribution is 5.31. The van der Waals surface area contributed by atoms with E-state index in [2.05, 4.69) is 19.2 Å². The first-order valence-electron chi connectivity index (χ1n) is 8.37. The molecule has 1 aromatic rings. The van der Waals surface area contributed by atoms with Gasteiger partial charge in [0, 0.05) is 6.04 Å². The minimum absolute atomic E-state index is 0.567. The summed E-state index contributed by atoms with van der Waals surface area (Å²) in [5.74, 6) is 0.891. The van der Waals surface area contributed by atoms with Gasteiger partial charge in [-0.3, -0.25) is 0 Å². The molecule has 0 heterocycles. The Labute approximate surface area is 128 Å². The molecule has 3 nitrogen and oxygen atoms in total. The molecule has 1 saturated carbocycles. The van der Waals surface area contributed by atoms with E-state index in [1.807, 2.05) is 24.3 Å². The van der Waals surface area contributed by atoms with E-state index < -0.39 is 5.60 Å². The Balaban J connectivity index is 1.92. The minimum atomic E-state index is -0.659. The van der Waals surface area contributed by atoms with Gasteiger partial charge in [0.2, 0.25) is 0 Å². The molecule has 0 amide bonds. The Bertz CT molecular complexity index is 408. The summed E-state index contributed by atoms with van der Waals surface area (Å²) in [4.78, 5) is 0. The lowest BCUT2D eigenvalue weighted by atomic mass is 9.77. The maximum absolute atomic E-state index is 10.9. The van der Waals surface area contributed by atoms with Crippen LogP contribution in [0, 0.1) is 0 Å². The monoisotopic (exact) mass is 291 g/mol. The van der Waals surface area contributed by atoms with Crippen LogP contribution in [0.25, 0.3) is 0 Å². The molecular formula is C18H29NO2. The lowest BCUT2D eigenvalue weighted by Crippen LogP contribution is -2.40. The predicted molar refractivity (Wildman–Crippen MR) is 86.7 cm³/mol. The highest BCUT2D eigenvalue weighted by atomic mass is 16.5. The first-order chi connectivity index (χ1) is 10.2. The van der Waals surface area contributed by atoms with E-state index in [4.69, 9.17) is 4.74 Å². The highest BCUT2D eigenvalue weighted by Gasteiger charge is 2.34. The van der Waals surface area contributed by atoms with Crippen molar-refractivity contribution in [2.45, 2.75) is 64.0 Å². The zero-order valence-electron chi connectivity index (χ0n) is 13.4. The molecule has 1 aliphatic carbocycles. The molecule has 1 aliphatic rings. The van der Waals surface area contributed by atoms with E-state index in [1.165, 1.54) is 6.42 Å². The summed E-state index contributed by atoms with van der Waals surface area (Å²) < 4.78 is 5.60. The normalized spacial score (nSPS) is 25.8. The average molecular weight is 291 g/mol. The van der Waals surface area contributed by atoms with Crippen molar-refractivity contribution >= 4 is 0 Å². The molecule has 2 rings (SSSR count). The van der Waals surface area contributed by atoms with Gasteiger partial charge in [-0.2, -0.15) is 0 Å². The number of ether oxygens (including phenoxy) is 1. The van der Waals surface area contributed by atoms with Crippen molar-refractivity contribution in [2.75, 3.05) is 13.2 Å². The molecular weight excluding hydrogens is 262 g/mol. The van der Waals surface area contributed by atoms with Crippen molar-refractivity contribution in [3.05, 3.63) is 29.8 Å². The molecule has 0 radical (unpaired) electrons. The Kier molecular flexibility index (Phi) is 6.07. The van der Waals surface area contributed by atoms with Crippen LogP contribution in [0.4, 0.5) is 0 Å². The van der Waals surface area contributed by atoms with E-state index in [0.717, 1.165) is 56.6 Å². The second-order valence-corrected chi connectivity index (χ2v) is 6.13. The smallest absolute Gasteiger partial charge is 0.119 e. The van der Waals surface area contributed by atoms with Crippen LogP contribution in [-0.4, -0.2) is 24.3 Å². The molecule has 0 unspecified atom stereocenters. The lowest BCUT2D eigenvalue weighted by molar-refractivity contribution is -0.00830. The Morgan fingerprint density at radius 2 is 1.81 bits per heavy atom. The zero-order valence-corrected chi connectivity index (χ0v) is 13.4.